The van der Waals surface area contributed by atoms with E-state index in [-0.39, 0.29) is 5.91 Å². The van der Waals surface area contributed by atoms with Crippen LogP contribution in [0, 0.1) is 0 Å². The molecule has 3 N–H and O–H groups in total. The molecule has 0 bridgehead atoms. The molecule has 4 nitrogen and oxygen atoms in total. The molecule has 0 unspecified atom stereocenters. The summed E-state index contributed by atoms with van der Waals surface area (Å²) in [5.41, 5.74) is 9.25. The zero-order chi connectivity index (χ0) is 15.1. The second-order valence-corrected chi connectivity index (χ2v) is 6.81. The Morgan fingerprint density at radius 2 is 2.10 bits per heavy atom. The van der Waals surface area contributed by atoms with Gasteiger partial charge in [0.25, 0.3) is 5.91 Å². The first-order valence-corrected chi connectivity index (χ1v) is 8.10. The lowest BCUT2D eigenvalue weighted by molar-refractivity contribution is -0.114. The molecule has 0 spiro atoms. The van der Waals surface area contributed by atoms with Crippen molar-refractivity contribution in [1.29, 1.82) is 0 Å². The fourth-order valence-corrected chi connectivity index (χ4v) is 4.84. The Hall–Kier alpha value is -1.66. The molecule has 1 aliphatic carbocycles. The van der Waals surface area contributed by atoms with Gasteiger partial charge in [0, 0.05) is 21.8 Å². The van der Waals surface area contributed by atoms with Crippen LogP contribution in [0.3, 0.4) is 0 Å². The van der Waals surface area contributed by atoms with Crippen molar-refractivity contribution in [3.8, 4) is 10.4 Å². The Bertz CT molecular complexity index is 767. The number of thiophene rings is 1. The highest BCUT2D eigenvalue weighted by atomic mass is 79.9. The van der Waals surface area contributed by atoms with Crippen LogP contribution >= 0.6 is 27.3 Å². The number of halogens is 1. The predicted molar refractivity (Wildman–Crippen MR) is 87.7 cm³/mol. The van der Waals surface area contributed by atoms with Gasteiger partial charge in [-0.15, -0.1) is 11.3 Å². The van der Waals surface area contributed by atoms with E-state index in [4.69, 9.17) is 5.73 Å². The van der Waals surface area contributed by atoms with Crippen LogP contribution in [0.2, 0.25) is 0 Å². The third kappa shape index (κ3) is 2.38. The van der Waals surface area contributed by atoms with E-state index in [1.54, 1.807) is 0 Å². The summed E-state index contributed by atoms with van der Waals surface area (Å²) in [5, 5.41) is 3.27. The topological polar surface area (TPSA) is 72.2 Å². The summed E-state index contributed by atoms with van der Waals surface area (Å²) < 4.78 is 0.993. The van der Waals surface area contributed by atoms with Crippen LogP contribution < -0.4 is 11.1 Å². The second kappa shape index (κ2) is 5.27. The number of amides is 2. The molecular weight excluding hydrogens is 352 g/mol. The quantitative estimate of drug-likeness (QED) is 0.857. The van der Waals surface area contributed by atoms with Crippen LogP contribution in [0.4, 0.5) is 5.00 Å². The number of hydrogen-bond donors (Lipinski definition) is 2. The highest BCUT2D eigenvalue weighted by molar-refractivity contribution is 9.10. The summed E-state index contributed by atoms with van der Waals surface area (Å²) >= 11 is 4.99. The summed E-state index contributed by atoms with van der Waals surface area (Å²) in [6.07, 6.45) is 1.62. The van der Waals surface area contributed by atoms with E-state index < -0.39 is 5.91 Å². The summed E-state index contributed by atoms with van der Waals surface area (Å²) in [5.74, 6) is -0.699. The normalized spacial score (nSPS) is 12.5. The van der Waals surface area contributed by atoms with Gasteiger partial charge in [0.05, 0.1) is 5.56 Å². The minimum absolute atomic E-state index is 0.205. The maximum atomic E-state index is 11.8. The monoisotopic (exact) mass is 364 g/mol. The summed E-state index contributed by atoms with van der Waals surface area (Å²) in [6, 6.07) is 6.08. The van der Waals surface area contributed by atoms with Gasteiger partial charge in [0.15, 0.2) is 0 Å². The molecule has 0 saturated carbocycles. The molecule has 3 rings (SSSR count). The molecule has 2 amide bonds. The van der Waals surface area contributed by atoms with Crippen molar-refractivity contribution in [2.75, 3.05) is 5.32 Å². The first-order valence-electron chi connectivity index (χ1n) is 6.50. The molecule has 1 aromatic carbocycles. The SMILES string of the molecule is CC(=O)Nc1sc2c(c1C(N)=O)CCc1cccc(Br)c1-2. The number of primary amides is 1. The number of anilines is 1. The van der Waals surface area contributed by atoms with Crippen molar-refractivity contribution in [2.45, 2.75) is 19.8 Å². The van der Waals surface area contributed by atoms with Gasteiger partial charge in [-0.3, -0.25) is 9.59 Å². The Morgan fingerprint density at radius 3 is 2.76 bits per heavy atom. The minimum atomic E-state index is -0.494. The number of aryl methyl sites for hydroxylation is 1. The molecule has 1 aromatic heterocycles. The molecule has 21 heavy (non-hydrogen) atoms. The summed E-state index contributed by atoms with van der Waals surface area (Å²) in [7, 11) is 0. The summed E-state index contributed by atoms with van der Waals surface area (Å²) in [4.78, 5) is 24.2. The van der Waals surface area contributed by atoms with E-state index in [0.717, 1.165) is 33.3 Å². The Morgan fingerprint density at radius 1 is 1.33 bits per heavy atom. The Labute approximate surface area is 134 Å². The second-order valence-electron chi connectivity index (χ2n) is 4.93. The smallest absolute Gasteiger partial charge is 0.252 e. The highest BCUT2D eigenvalue weighted by Gasteiger charge is 2.28. The Balaban J connectivity index is 2.26. The van der Waals surface area contributed by atoms with Crippen molar-refractivity contribution in [3.63, 3.8) is 0 Å². The molecule has 0 saturated heterocycles. The number of carbonyl (C=O) groups excluding carboxylic acids is 2. The van der Waals surface area contributed by atoms with Crippen molar-refractivity contribution in [3.05, 3.63) is 39.4 Å². The van der Waals surface area contributed by atoms with Crippen LogP contribution in [0.5, 0.6) is 0 Å². The minimum Gasteiger partial charge on any atom is -0.365 e. The first-order chi connectivity index (χ1) is 9.99. The lowest BCUT2D eigenvalue weighted by atomic mass is 9.89. The third-order valence-corrected chi connectivity index (χ3v) is 5.34. The van der Waals surface area contributed by atoms with Crippen molar-refractivity contribution < 1.29 is 9.59 Å². The van der Waals surface area contributed by atoms with Crippen molar-refractivity contribution >= 4 is 44.1 Å². The van der Waals surface area contributed by atoms with E-state index in [0.29, 0.717) is 10.6 Å². The third-order valence-electron chi connectivity index (χ3n) is 3.51. The van der Waals surface area contributed by atoms with Gasteiger partial charge in [-0.1, -0.05) is 28.1 Å². The predicted octanol–water partition coefficient (Wildman–Crippen LogP) is 3.33. The zero-order valence-corrected chi connectivity index (χ0v) is 13.7. The summed E-state index contributed by atoms with van der Waals surface area (Å²) in [6.45, 7) is 1.42. The van der Waals surface area contributed by atoms with E-state index in [1.807, 2.05) is 12.1 Å². The molecule has 1 heterocycles. The van der Waals surface area contributed by atoms with E-state index >= 15 is 0 Å². The average molecular weight is 365 g/mol. The highest BCUT2D eigenvalue weighted by Crippen LogP contribution is 2.47. The standard InChI is InChI=1S/C15H13BrN2O2S/c1-7(19)18-15-12(14(17)20)9-6-5-8-3-2-4-10(16)11(8)13(9)21-15/h2-4H,5-6H2,1H3,(H2,17,20)(H,18,19). The van der Waals surface area contributed by atoms with Gasteiger partial charge in [-0.2, -0.15) is 0 Å². The maximum absolute atomic E-state index is 11.8. The van der Waals surface area contributed by atoms with Gasteiger partial charge in [-0.25, -0.2) is 0 Å². The van der Waals surface area contributed by atoms with E-state index in [9.17, 15) is 9.59 Å². The average Bonchev–Trinajstić information content (AvgIpc) is 2.75. The van der Waals surface area contributed by atoms with Crippen LogP contribution in [0.25, 0.3) is 10.4 Å². The van der Waals surface area contributed by atoms with Crippen LogP contribution in [-0.4, -0.2) is 11.8 Å². The number of benzene rings is 1. The van der Waals surface area contributed by atoms with E-state index in [1.165, 1.54) is 23.8 Å². The number of fused-ring (bicyclic) bond motifs is 3. The fourth-order valence-electron chi connectivity index (χ4n) is 2.71. The molecule has 0 atom stereocenters. The zero-order valence-electron chi connectivity index (χ0n) is 11.3. The lowest BCUT2D eigenvalue weighted by Crippen LogP contribution is -2.17. The fraction of sp³-hybridized carbons (Fsp3) is 0.200. The van der Waals surface area contributed by atoms with Gasteiger partial charge in [0.1, 0.15) is 5.00 Å². The molecule has 2 aromatic rings. The van der Waals surface area contributed by atoms with Gasteiger partial charge in [0.2, 0.25) is 5.91 Å². The molecule has 108 valence electrons. The van der Waals surface area contributed by atoms with Crippen molar-refractivity contribution in [1.82, 2.24) is 0 Å². The van der Waals surface area contributed by atoms with Crippen LogP contribution in [0.15, 0.2) is 22.7 Å². The molecule has 0 aliphatic heterocycles. The molecule has 0 fully saturated rings. The molecular formula is C15H13BrN2O2S. The number of hydrogen-bond acceptors (Lipinski definition) is 3. The number of carbonyl (C=O) groups is 2. The largest absolute Gasteiger partial charge is 0.365 e. The lowest BCUT2D eigenvalue weighted by Gasteiger charge is -2.18. The molecule has 1 aliphatic rings. The van der Waals surface area contributed by atoms with Crippen LogP contribution in [-0.2, 0) is 17.6 Å². The molecule has 0 radical (unpaired) electrons. The maximum Gasteiger partial charge on any atom is 0.252 e. The number of nitrogens with one attached hydrogen (secondary N) is 1. The van der Waals surface area contributed by atoms with Gasteiger partial charge < -0.3 is 11.1 Å². The first kappa shape index (κ1) is 14.3. The number of rotatable bonds is 2. The van der Waals surface area contributed by atoms with Crippen molar-refractivity contribution in [2.24, 2.45) is 5.73 Å². The van der Waals surface area contributed by atoms with Gasteiger partial charge in [-0.05, 0) is 30.0 Å². The van der Waals surface area contributed by atoms with E-state index in [2.05, 4.69) is 27.3 Å². The number of nitrogens with two attached hydrogens (primary N) is 1. The Kier molecular flexibility index (Phi) is 3.59. The van der Waals surface area contributed by atoms with Crippen LogP contribution in [0.1, 0.15) is 28.4 Å². The van der Waals surface area contributed by atoms with Gasteiger partial charge >= 0.3 is 0 Å². The molecule has 6 heteroatoms.